The van der Waals surface area contributed by atoms with Gasteiger partial charge in [0.25, 0.3) is 0 Å². The van der Waals surface area contributed by atoms with Crippen LogP contribution in [0.3, 0.4) is 0 Å². The Morgan fingerprint density at radius 1 is 1.21 bits per heavy atom. The molecule has 2 rings (SSSR count). The molecule has 2 aromatic rings. The zero-order chi connectivity index (χ0) is 13.7. The van der Waals surface area contributed by atoms with E-state index in [-0.39, 0.29) is 6.04 Å². The molecule has 102 valence electrons. The van der Waals surface area contributed by atoms with Gasteiger partial charge in [-0.1, -0.05) is 12.1 Å². The average Bonchev–Trinajstić information content (AvgIpc) is 2.83. The maximum absolute atomic E-state index is 5.73. The molecule has 0 radical (unpaired) electrons. The molecule has 4 heteroatoms. The summed E-state index contributed by atoms with van der Waals surface area (Å²) in [6.07, 6.45) is 0. The third-order valence-corrected chi connectivity index (χ3v) is 3.11. The summed E-state index contributed by atoms with van der Waals surface area (Å²) in [6, 6.07) is 12.0. The first-order chi connectivity index (χ1) is 9.19. The normalized spacial score (nSPS) is 12.4. The number of benzene rings is 1. The summed E-state index contributed by atoms with van der Waals surface area (Å²) < 4.78 is 10.7. The van der Waals surface area contributed by atoms with Crippen LogP contribution < -0.4 is 10.1 Å². The molecule has 3 nitrogen and oxygen atoms in total. The lowest BCUT2D eigenvalue weighted by Gasteiger charge is -2.14. The zero-order valence-electron chi connectivity index (χ0n) is 11.2. The fourth-order valence-electron chi connectivity index (χ4n) is 1.84. The zero-order valence-corrected chi connectivity index (χ0v) is 11.9. The van der Waals surface area contributed by atoms with Crippen molar-refractivity contribution in [3.8, 4) is 5.75 Å². The predicted molar refractivity (Wildman–Crippen MR) is 76.6 cm³/mol. The highest BCUT2D eigenvalue weighted by Gasteiger charge is 2.06. The molecule has 0 amide bonds. The van der Waals surface area contributed by atoms with Crippen LogP contribution in [0.2, 0.25) is 5.22 Å². The van der Waals surface area contributed by atoms with Gasteiger partial charge in [0.1, 0.15) is 11.5 Å². The van der Waals surface area contributed by atoms with Crippen molar-refractivity contribution in [2.45, 2.75) is 26.4 Å². The smallest absolute Gasteiger partial charge is 0.193 e. The van der Waals surface area contributed by atoms with Crippen molar-refractivity contribution >= 4 is 11.6 Å². The second-order valence-electron chi connectivity index (χ2n) is 4.31. The quantitative estimate of drug-likeness (QED) is 0.861. The molecular formula is C15H18ClNO2. The lowest BCUT2D eigenvalue weighted by atomic mass is 10.1. The van der Waals surface area contributed by atoms with Crippen LogP contribution in [-0.2, 0) is 6.54 Å². The number of hydrogen-bond acceptors (Lipinski definition) is 3. The first-order valence-electron chi connectivity index (χ1n) is 6.39. The Morgan fingerprint density at radius 3 is 2.53 bits per heavy atom. The van der Waals surface area contributed by atoms with E-state index in [9.17, 15) is 0 Å². The van der Waals surface area contributed by atoms with Gasteiger partial charge in [0.05, 0.1) is 13.2 Å². The highest BCUT2D eigenvalue weighted by molar-refractivity contribution is 6.28. The van der Waals surface area contributed by atoms with E-state index in [1.807, 2.05) is 25.1 Å². The van der Waals surface area contributed by atoms with Crippen LogP contribution in [0.1, 0.15) is 31.2 Å². The summed E-state index contributed by atoms with van der Waals surface area (Å²) in [5, 5.41) is 3.81. The van der Waals surface area contributed by atoms with Crippen molar-refractivity contribution in [3.05, 3.63) is 52.9 Å². The molecule has 1 unspecified atom stereocenters. The Kier molecular flexibility index (Phi) is 4.88. The monoisotopic (exact) mass is 279 g/mol. The predicted octanol–water partition coefficient (Wildman–Crippen LogP) is 4.18. The Morgan fingerprint density at radius 2 is 1.95 bits per heavy atom. The van der Waals surface area contributed by atoms with Crippen LogP contribution in [0.15, 0.2) is 40.8 Å². The van der Waals surface area contributed by atoms with Crippen LogP contribution >= 0.6 is 11.6 Å². The van der Waals surface area contributed by atoms with Crippen LogP contribution in [0.5, 0.6) is 5.75 Å². The van der Waals surface area contributed by atoms with Crippen LogP contribution in [0.25, 0.3) is 0 Å². The van der Waals surface area contributed by atoms with E-state index in [0.717, 1.165) is 11.5 Å². The molecule has 19 heavy (non-hydrogen) atoms. The molecule has 0 fully saturated rings. The van der Waals surface area contributed by atoms with Gasteiger partial charge in [0.2, 0.25) is 0 Å². The number of nitrogens with one attached hydrogen (secondary N) is 1. The number of rotatable bonds is 6. The number of halogens is 1. The topological polar surface area (TPSA) is 34.4 Å². The molecule has 0 spiro atoms. The Hall–Kier alpha value is -1.45. The number of furan rings is 1. The molecule has 1 heterocycles. The standard InChI is InChI=1S/C15H18ClNO2/c1-3-18-13-6-4-12(5-7-13)11(2)17-10-14-8-9-15(16)19-14/h4-9,11,17H,3,10H2,1-2H3. The van der Waals surface area contributed by atoms with Gasteiger partial charge in [0, 0.05) is 6.04 Å². The maximum Gasteiger partial charge on any atom is 0.193 e. The third-order valence-electron chi connectivity index (χ3n) is 2.90. The van der Waals surface area contributed by atoms with E-state index in [4.69, 9.17) is 20.8 Å². The van der Waals surface area contributed by atoms with Gasteiger partial charge in [-0.15, -0.1) is 0 Å². The summed E-state index contributed by atoms with van der Waals surface area (Å²) in [6.45, 7) is 5.43. The second-order valence-corrected chi connectivity index (χ2v) is 4.68. The van der Waals surface area contributed by atoms with Gasteiger partial charge in [0.15, 0.2) is 5.22 Å². The number of hydrogen-bond donors (Lipinski definition) is 1. The summed E-state index contributed by atoms with van der Waals surface area (Å²) in [7, 11) is 0. The molecule has 0 saturated carbocycles. The van der Waals surface area contributed by atoms with Crippen LogP contribution in [0, 0.1) is 0 Å². The molecule has 1 aromatic heterocycles. The first kappa shape index (κ1) is 14.0. The summed E-state index contributed by atoms with van der Waals surface area (Å²) in [4.78, 5) is 0. The third kappa shape index (κ3) is 4.01. The van der Waals surface area contributed by atoms with E-state index in [0.29, 0.717) is 18.4 Å². The van der Waals surface area contributed by atoms with Crippen molar-refractivity contribution in [2.24, 2.45) is 0 Å². The Balaban J connectivity index is 1.90. The summed E-state index contributed by atoms with van der Waals surface area (Å²) >= 11 is 5.73. The first-order valence-corrected chi connectivity index (χ1v) is 6.77. The van der Waals surface area contributed by atoms with E-state index in [2.05, 4.69) is 24.4 Å². The fourth-order valence-corrected chi connectivity index (χ4v) is 2.00. The lowest BCUT2D eigenvalue weighted by Crippen LogP contribution is -2.17. The SMILES string of the molecule is CCOc1ccc(C(C)NCc2ccc(Cl)o2)cc1. The minimum Gasteiger partial charge on any atom is -0.494 e. The van der Waals surface area contributed by atoms with Gasteiger partial charge in [-0.3, -0.25) is 0 Å². The largest absolute Gasteiger partial charge is 0.494 e. The second kappa shape index (κ2) is 6.64. The Labute approximate surface area is 118 Å². The van der Waals surface area contributed by atoms with E-state index in [1.54, 1.807) is 6.07 Å². The van der Waals surface area contributed by atoms with E-state index < -0.39 is 0 Å². The average molecular weight is 280 g/mol. The fraction of sp³-hybridized carbons (Fsp3) is 0.333. The molecule has 0 aliphatic heterocycles. The highest BCUT2D eigenvalue weighted by atomic mass is 35.5. The molecule has 1 aromatic carbocycles. The molecule has 1 N–H and O–H groups in total. The van der Waals surface area contributed by atoms with Crippen molar-refractivity contribution < 1.29 is 9.15 Å². The molecule has 0 aliphatic rings. The van der Waals surface area contributed by atoms with Crippen molar-refractivity contribution in [1.29, 1.82) is 0 Å². The van der Waals surface area contributed by atoms with Gasteiger partial charge in [-0.05, 0) is 55.3 Å². The van der Waals surface area contributed by atoms with E-state index >= 15 is 0 Å². The van der Waals surface area contributed by atoms with E-state index in [1.165, 1.54) is 5.56 Å². The van der Waals surface area contributed by atoms with Gasteiger partial charge >= 0.3 is 0 Å². The van der Waals surface area contributed by atoms with Gasteiger partial charge < -0.3 is 14.5 Å². The van der Waals surface area contributed by atoms with Gasteiger partial charge in [-0.25, -0.2) is 0 Å². The maximum atomic E-state index is 5.73. The van der Waals surface area contributed by atoms with Gasteiger partial charge in [-0.2, -0.15) is 0 Å². The summed E-state index contributed by atoms with van der Waals surface area (Å²) in [5.41, 5.74) is 1.21. The molecule has 0 aliphatic carbocycles. The molecule has 0 bridgehead atoms. The van der Waals surface area contributed by atoms with Crippen molar-refractivity contribution in [2.75, 3.05) is 6.61 Å². The summed E-state index contributed by atoms with van der Waals surface area (Å²) in [5.74, 6) is 1.74. The minimum atomic E-state index is 0.236. The Bertz CT molecular complexity index is 507. The van der Waals surface area contributed by atoms with Crippen LogP contribution in [-0.4, -0.2) is 6.61 Å². The van der Waals surface area contributed by atoms with Crippen molar-refractivity contribution in [3.63, 3.8) is 0 Å². The molecular weight excluding hydrogens is 262 g/mol. The lowest BCUT2D eigenvalue weighted by molar-refractivity contribution is 0.340. The molecule has 1 atom stereocenters. The van der Waals surface area contributed by atoms with Crippen LogP contribution in [0.4, 0.5) is 0 Å². The number of ether oxygens (including phenoxy) is 1. The molecule has 0 saturated heterocycles. The minimum absolute atomic E-state index is 0.236. The van der Waals surface area contributed by atoms with Crippen molar-refractivity contribution in [1.82, 2.24) is 5.32 Å². The highest BCUT2D eigenvalue weighted by Crippen LogP contribution is 2.19.